The Labute approximate surface area is 208 Å². The standard InChI is InChI=1S/C27H27N5O4/c1-17-22(16-30-27-28-13-12-23(31-27)18-6-3-2-4-7-18)25(36-32-17)24-11-10-21(15-29-24)35-20-9-5-8-19(14-20)26(33)34/h2-4,6-7,10-13,15,19-20H,5,8-9,14,16H2,1H3,(H,33,34)(H,28,30,31)/t19-,20?/m0/s1. The second-order valence-electron chi connectivity index (χ2n) is 8.88. The average Bonchev–Trinajstić information content (AvgIpc) is 3.29. The lowest BCUT2D eigenvalue weighted by Gasteiger charge is -2.27. The van der Waals surface area contributed by atoms with Crippen molar-refractivity contribution in [3.05, 3.63) is 72.2 Å². The van der Waals surface area contributed by atoms with Crippen molar-refractivity contribution in [1.29, 1.82) is 0 Å². The van der Waals surface area contributed by atoms with Gasteiger partial charge in [0.2, 0.25) is 5.95 Å². The number of hydrogen-bond acceptors (Lipinski definition) is 8. The first-order chi connectivity index (χ1) is 17.6. The maximum Gasteiger partial charge on any atom is 0.306 e. The van der Waals surface area contributed by atoms with Gasteiger partial charge < -0.3 is 19.7 Å². The Kier molecular flexibility index (Phi) is 6.88. The fourth-order valence-electron chi connectivity index (χ4n) is 4.43. The zero-order valence-electron chi connectivity index (χ0n) is 19.9. The Balaban J connectivity index is 1.26. The van der Waals surface area contributed by atoms with Gasteiger partial charge in [0.1, 0.15) is 11.4 Å². The molecule has 0 amide bonds. The van der Waals surface area contributed by atoms with Crippen LogP contribution in [0, 0.1) is 12.8 Å². The number of carbonyl (C=O) groups is 1. The number of rotatable bonds is 8. The Morgan fingerprint density at radius 3 is 2.75 bits per heavy atom. The van der Waals surface area contributed by atoms with Crippen molar-refractivity contribution in [3.8, 4) is 28.5 Å². The fourth-order valence-corrected chi connectivity index (χ4v) is 4.43. The molecular formula is C27H27N5O4. The van der Waals surface area contributed by atoms with Gasteiger partial charge in [-0.1, -0.05) is 35.5 Å². The Morgan fingerprint density at radius 2 is 1.97 bits per heavy atom. The minimum atomic E-state index is -0.754. The third-order valence-electron chi connectivity index (χ3n) is 6.38. The number of carboxylic acid groups (broad SMARTS) is 1. The molecule has 9 nitrogen and oxygen atoms in total. The Bertz CT molecular complexity index is 1320. The Hall–Kier alpha value is -4.27. The van der Waals surface area contributed by atoms with Crippen molar-refractivity contribution >= 4 is 11.9 Å². The predicted molar refractivity (Wildman–Crippen MR) is 133 cm³/mol. The van der Waals surface area contributed by atoms with Crippen molar-refractivity contribution in [2.45, 2.75) is 45.3 Å². The largest absolute Gasteiger partial charge is 0.489 e. The summed E-state index contributed by atoms with van der Waals surface area (Å²) < 4.78 is 11.6. The number of pyridine rings is 1. The highest BCUT2D eigenvalue weighted by Gasteiger charge is 2.28. The van der Waals surface area contributed by atoms with Crippen molar-refractivity contribution in [3.63, 3.8) is 0 Å². The molecular weight excluding hydrogens is 458 g/mol. The highest BCUT2D eigenvalue weighted by Crippen LogP contribution is 2.30. The number of nitrogens with one attached hydrogen (secondary N) is 1. The van der Waals surface area contributed by atoms with Crippen LogP contribution in [0.1, 0.15) is 36.9 Å². The summed E-state index contributed by atoms with van der Waals surface area (Å²) in [7, 11) is 0. The van der Waals surface area contributed by atoms with Gasteiger partial charge in [-0.15, -0.1) is 0 Å². The molecule has 1 aromatic carbocycles. The number of ether oxygens (including phenoxy) is 1. The molecule has 0 aliphatic heterocycles. The monoisotopic (exact) mass is 485 g/mol. The van der Waals surface area contributed by atoms with E-state index in [9.17, 15) is 9.90 Å². The number of anilines is 1. The van der Waals surface area contributed by atoms with E-state index in [0.29, 0.717) is 42.5 Å². The van der Waals surface area contributed by atoms with Gasteiger partial charge in [-0.05, 0) is 50.8 Å². The van der Waals surface area contributed by atoms with Crippen molar-refractivity contribution in [1.82, 2.24) is 20.1 Å². The van der Waals surface area contributed by atoms with Crippen LogP contribution < -0.4 is 10.1 Å². The van der Waals surface area contributed by atoms with E-state index >= 15 is 0 Å². The highest BCUT2D eigenvalue weighted by atomic mass is 16.5. The summed E-state index contributed by atoms with van der Waals surface area (Å²) in [5.74, 6) is 0.578. The SMILES string of the molecule is Cc1noc(-c2ccc(OC3CCC[C@H](C(=O)O)C3)cn2)c1CNc1nccc(-c2ccccc2)n1. The molecule has 2 N–H and O–H groups in total. The third kappa shape index (κ3) is 5.35. The normalized spacial score (nSPS) is 17.5. The minimum absolute atomic E-state index is 0.119. The minimum Gasteiger partial charge on any atom is -0.489 e. The molecule has 1 unspecified atom stereocenters. The van der Waals surface area contributed by atoms with Crippen LogP contribution in [-0.2, 0) is 11.3 Å². The lowest BCUT2D eigenvalue weighted by atomic mass is 9.87. The topological polar surface area (TPSA) is 123 Å². The summed E-state index contributed by atoms with van der Waals surface area (Å²) in [4.78, 5) is 24.8. The van der Waals surface area contributed by atoms with Gasteiger partial charge in [0.05, 0.1) is 29.6 Å². The van der Waals surface area contributed by atoms with Gasteiger partial charge in [-0.25, -0.2) is 15.0 Å². The van der Waals surface area contributed by atoms with Crippen LogP contribution in [0.3, 0.4) is 0 Å². The molecule has 0 spiro atoms. The van der Waals surface area contributed by atoms with E-state index in [1.54, 1.807) is 12.4 Å². The molecule has 0 saturated heterocycles. The van der Waals surface area contributed by atoms with Crippen molar-refractivity contribution < 1.29 is 19.2 Å². The van der Waals surface area contributed by atoms with E-state index in [1.165, 1.54) is 0 Å². The summed E-state index contributed by atoms with van der Waals surface area (Å²) in [6.45, 7) is 2.30. The molecule has 36 heavy (non-hydrogen) atoms. The zero-order chi connectivity index (χ0) is 24.9. The van der Waals surface area contributed by atoms with Crippen LogP contribution in [0.25, 0.3) is 22.7 Å². The number of hydrogen-bond donors (Lipinski definition) is 2. The maximum absolute atomic E-state index is 11.3. The third-order valence-corrected chi connectivity index (χ3v) is 6.38. The first-order valence-electron chi connectivity index (χ1n) is 12.0. The first kappa shape index (κ1) is 23.5. The van der Waals surface area contributed by atoms with Crippen LogP contribution >= 0.6 is 0 Å². The predicted octanol–water partition coefficient (Wildman–Crippen LogP) is 5.14. The number of benzene rings is 1. The summed E-state index contributed by atoms with van der Waals surface area (Å²) in [6, 6.07) is 15.5. The molecule has 5 rings (SSSR count). The quantitative estimate of drug-likeness (QED) is 0.349. The van der Waals surface area contributed by atoms with Gasteiger partial charge >= 0.3 is 5.97 Å². The summed E-state index contributed by atoms with van der Waals surface area (Å²) >= 11 is 0. The number of nitrogens with zero attached hydrogens (tertiary/aromatic N) is 4. The average molecular weight is 486 g/mol. The molecule has 0 radical (unpaired) electrons. The highest BCUT2D eigenvalue weighted by molar-refractivity contribution is 5.70. The van der Waals surface area contributed by atoms with E-state index < -0.39 is 5.97 Å². The summed E-state index contributed by atoms with van der Waals surface area (Å²) in [5.41, 5.74) is 4.09. The summed E-state index contributed by atoms with van der Waals surface area (Å²) in [5, 5.41) is 16.7. The lowest BCUT2D eigenvalue weighted by Crippen LogP contribution is -2.29. The van der Waals surface area contributed by atoms with E-state index in [2.05, 4.69) is 25.4 Å². The van der Waals surface area contributed by atoms with Crippen LogP contribution in [0.15, 0.2) is 65.4 Å². The van der Waals surface area contributed by atoms with E-state index in [0.717, 1.165) is 35.4 Å². The molecule has 4 aromatic rings. The molecule has 3 aromatic heterocycles. The van der Waals surface area contributed by atoms with E-state index in [-0.39, 0.29) is 12.0 Å². The second-order valence-corrected chi connectivity index (χ2v) is 8.88. The zero-order valence-corrected chi connectivity index (χ0v) is 19.9. The molecule has 1 aliphatic carbocycles. The van der Waals surface area contributed by atoms with Crippen molar-refractivity contribution in [2.75, 3.05) is 5.32 Å². The van der Waals surface area contributed by atoms with Crippen LogP contribution in [-0.4, -0.2) is 37.3 Å². The van der Waals surface area contributed by atoms with Crippen LogP contribution in [0.4, 0.5) is 5.95 Å². The van der Waals surface area contributed by atoms with E-state index in [4.69, 9.17) is 9.26 Å². The smallest absolute Gasteiger partial charge is 0.306 e. The molecule has 9 heteroatoms. The second kappa shape index (κ2) is 10.6. The van der Waals surface area contributed by atoms with E-state index in [1.807, 2.05) is 55.5 Å². The number of aliphatic carboxylic acids is 1. The number of carboxylic acids is 1. The van der Waals surface area contributed by atoms with Gasteiger partial charge in [0, 0.05) is 23.9 Å². The molecule has 1 fully saturated rings. The fraction of sp³-hybridized carbons (Fsp3) is 0.296. The van der Waals surface area contributed by atoms with Crippen molar-refractivity contribution in [2.24, 2.45) is 5.92 Å². The lowest BCUT2D eigenvalue weighted by molar-refractivity contribution is -0.143. The van der Waals surface area contributed by atoms with Crippen LogP contribution in [0.2, 0.25) is 0 Å². The Morgan fingerprint density at radius 1 is 1.11 bits per heavy atom. The summed E-state index contributed by atoms with van der Waals surface area (Å²) in [6.07, 6.45) is 6.16. The van der Waals surface area contributed by atoms with Gasteiger partial charge in [-0.2, -0.15) is 0 Å². The first-order valence-corrected chi connectivity index (χ1v) is 12.0. The molecule has 1 saturated carbocycles. The number of aryl methyl sites for hydroxylation is 1. The molecule has 0 bridgehead atoms. The maximum atomic E-state index is 11.3. The van der Waals surface area contributed by atoms with Gasteiger partial charge in [0.25, 0.3) is 0 Å². The molecule has 3 heterocycles. The number of aromatic nitrogens is 4. The molecule has 1 aliphatic rings. The molecule has 2 atom stereocenters. The van der Waals surface area contributed by atoms with Gasteiger partial charge in [-0.3, -0.25) is 4.79 Å². The molecule has 184 valence electrons. The van der Waals surface area contributed by atoms with Gasteiger partial charge in [0.15, 0.2) is 5.76 Å². The van der Waals surface area contributed by atoms with Crippen LogP contribution in [0.5, 0.6) is 5.75 Å².